The topological polar surface area (TPSA) is 66.0 Å². The molecule has 0 aliphatic carbocycles. The molecule has 0 spiro atoms. The van der Waals surface area contributed by atoms with E-state index in [0.29, 0.717) is 18.8 Å². The molecule has 2 rings (SSSR count). The Morgan fingerprint density at radius 1 is 1.47 bits per heavy atom. The lowest BCUT2D eigenvalue weighted by Crippen LogP contribution is -2.14. The Labute approximate surface area is 106 Å². The van der Waals surface area contributed by atoms with E-state index in [1.54, 1.807) is 11.8 Å². The Morgan fingerprint density at radius 2 is 2.29 bits per heavy atom. The zero-order valence-corrected chi connectivity index (χ0v) is 11.2. The van der Waals surface area contributed by atoms with E-state index in [-0.39, 0.29) is 0 Å². The van der Waals surface area contributed by atoms with Crippen LogP contribution in [-0.2, 0) is 11.3 Å². The molecule has 0 amide bonds. The highest BCUT2D eigenvalue weighted by molar-refractivity contribution is 7.99. The van der Waals surface area contributed by atoms with Crippen LogP contribution in [0.4, 0.5) is 0 Å². The van der Waals surface area contributed by atoms with Crippen LogP contribution in [0.2, 0.25) is 0 Å². The summed E-state index contributed by atoms with van der Waals surface area (Å²) in [6, 6.07) is 0. The van der Waals surface area contributed by atoms with Crippen LogP contribution in [0.1, 0.15) is 25.6 Å². The van der Waals surface area contributed by atoms with Crippen molar-refractivity contribution in [3.05, 3.63) is 5.82 Å². The molecule has 1 aromatic rings. The summed E-state index contributed by atoms with van der Waals surface area (Å²) >= 11 is 1.72. The molecule has 96 valence electrons. The number of ether oxygens (including phenoxy) is 1. The standard InChI is InChI=1S/C11H20N4OS/c1-8-3-4-10(16-8)7-17-11-14-13-9(2)15(11)6-5-12/h8,10H,3-7,12H2,1-2H3. The normalized spacial score (nSPS) is 24.4. The van der Waals surface area contributed by atoms with Gasteiger partial charge in [-0.2, -0.15) is 0 Å². The predicted octanol–water partition coefficient (Wildman–Crippen LogP) is 1.20. The van der Waals surface area contributed by atoms with Crippen LogP contribution in [0, 0.1) is 6.92 Å². The van der Waals surface area contributed by atoms with E-state index in [0.717, 1.165) is 29.7 Å². The highest BCUT2D eigenvalue weighted by Gasteiger charge is 2.22. The minimum atomic E-state index is 0.360. The summed E-state index contributed by atoms with van der Waals surface area (Å²) in [6.07, 6.45) is 3.08. The maximum Gasteiger partial charge on any atom is 0.191 e. The molecule has 1 aliphatic heterocycles. The number of aryl methyl sites for hydroxylation is 1. The molecular weight excluding hydrogens is 236 g/mol. The Morgan fingerprint density at radius 3 is 2.94 bits per heavy atom. The first-order valence-corrected chi connectivity index (χ1v) is 7.07. The van der Waals surface area contributed by atoms with Crippen LogP contribution in [0.25, 0.3) is 0 Å². The first kappa shape index (κ1) is 12.9. The molecule has 2 atom stereocenters. The van der Waals surface area contributed by atoms with Crippen molar-refractivity contribution in [1.29, 1.82) is 0 Å². The molecule has 2 unspecified atom stereocenters. The largest absolute Gasteiger partial charge is 0.374 e. The first-order chi connectivity index (χ1) is 8.20. The van der Waals surface area contributed by atoms with E-state index in [1.807, 2.05) is 6.92 Å². The van der Waals surface area contributed by atoms with Crippen molar-refractivity contribution < 1.29 is 4.74 Å². The SMILES string of the molecule is Cc1nnc(SCC2CCC(C)O2)n1CCN. The molecular formula is C11H20N4OS. The van der Waals surface area contributed by atoms with E-state index < -0.39 is 0 Å². The molecule has 1 saturated heterocycles. The molecule has 2 heterocycles. The van der Waals surface area contributed by atoms with Crippen molar-refractivity contribution in [2.75, 3.05) is 12.3 Å². The second-order valence-corrected chi connectivity index (χ2v) is 5.41. The summed E-state index contributed by atoms with van der Waals surface area (Å²) in [7, 11) is 0. The van der Waals surface area contributed by atoms with Crippen molar-refractivity contribution in [2.45, 2.75) is 50.6 Å². The zero-order valence-electron chi connectivity index (χ0n) is 10.4. The van der Waals surface area contributed by atoms with Gasteiger partial charge in [-0.3, -0.25) is 0 Å². The first-order valence-electron chi connectivity index (χ1n) is 6.09. The van der Waals surface area contributed by atoms with E-state index in [1.165, 1.54) is 6.42 Å². The molecule has 0 radical (unpaired) electrons. The lowest BCUT2D eigenvalue weighted by Gasteiger charge is -2.11. The van der Waals surface area contributed by atoms with Gasteiger partial charge in [0.05, 0.1) is 12.2 Å². The second-order valence-electron chi connectivity index (χ2n) is 4.43. The van der Waals surface area contributed by atoms with Crippen molar-refractivity contribution >= 4 is 11.8 Å². The van der Waals surface area contributed by atoms with Crippen LogP contribution >= 0.6 is 11.8 Å². The lowest BCUT2D eigenvalue weighted by molar-refractivity contribution is 0.0699. The third kappa shape index (κ3) is 3.20. The molecule has 1 aliphatic rings. The van der Waals surface area contributed by atoms with Gasteiger partial charge in [0.2, 0.25) is 0 Å². The van der Waals surface area contributed by atoms with Gasteiger partial charge in [0.15, 0.2) is 5.16 Å². The monoisotopic (exact) mass is 256 g/mol. The van der Waals surface area contributed by atoms with Gasteiger partial charge < -0.3 is 15.0 Å². The highest BCUT2D eigenvalue weighted by Crippen LogP contribution is 2.25. The van der Waals surface area contributed by atoms with Crippen molar-refractivity contribution in [1.82, 2.24) is 14.8 Å². The summed E-state index contributed by atoms with van der Waals surface area (Å²) in [5, 5.41) is 9.22. The van der Waals surface area contributed by atoms with Gasteiger partial charge in [0.1, 0.15) is 5.82 Å². The summed E-state index contributed by atoms with van der Waals surface area (Å²) in [5.41, 5.74) is 5.58. The van der Waals surface area contributed by atoms with Gasteiger partial charge in [-0.1, -0.05) is 11.8 Å². The number of rotatable bonds is 5. The highest BCUT2D eigenvalue weighted by atomic mass is 32.2. The van der Waals surface area contributed by atoms with Gasteiger partial charge >= 0.3 is 0 Å². The smallest absolute Gasteiger partial charge is 0.191 e. The number of hydrogen-bond donors (Lipinski definition) is 1. The van der Waals surface area contributed by atoms with Crippen LogP contribution in [0.15, 0.2) is 5.16 Å². The number of thioether (sulfide) groups is 1. The van der Waals surface area contributed by atoms with E-state index in [9.17, 15) is 0 Å². The molecule has 17 heavy (non-hydrogen) atoms. The third-order valence-corrected chi connectivity index (χ3v) is 4.07. The number of hydrogen-bond acceptors (Lipinski definition) is 5. The summed E-state index contributed by atoms with van der Waals surface area (Å²) in [5.74, 6) is 1.88. The summed E-state index contributed by atoms with van der Waals surface area (Å²) in [6.45, 7) is 5.49. The van der Waals surface area contributed by atoms with Crippen LogP contribution in [-0.4, -0.2) is 39.3 Å². The molecule has 6 heteroatoms. The molecule has 1 fully saturated rings. The van der Waals surface area contributed by atoms with Crippen LogP contribution < -0.4 is 5.73 Å². The van der Waals surface area contributed by atoms with E-state index in [2.05, 4.69) is 21.7 Å². The van der Waals surface area contributed by atoms with Crippen molar-refractivity contribution in [2.24, 2.45) is 5.73 Å². The molecule has 5 nitrogen and oxygen atoms in total. The summed E-state index contributed by atoms with van der Waals surface area (Å²) < 4.78 is 7.86. The second kappa shape index (κ2) is 5.84. The maximum absolute atomic E-state index is 5.79. The van der Waals surface area contributed by atoms with Crippen molar-refractivity contribution in [3.8, 4) is 0 Å². The van der Waals surface area contributed by atoms with E-state index in [4.69, 9.17) is 10.5 Å². The fraction of sp³-hybridized carbons (Fsp3) is 0.818. The zero-order chi connectivity index (χ0) is 12.3. The van der Waals surface area contributed by atoms with Gasteiger partial charge in [0.25, 0.3) is 0 Å². The summed E-state index contributed by atoms with van der Waals surface area (Å²) in [4.78, 5) is 0. The Hall–Kier alpha value is -0.590. The Kier molecular flexibility index (Phi) is 4.42. The van der Waals surface area contributed by atoms with E-state index >= 15 is 0 Å². The van der Waals surface area contributed by atoms with Gasteiger partial charge in [0, 0.05) is 18.8 Å². The van der Waals surface area contributed by atoms with Crippen LogP contribution in [0.5, 0.6) is 0 Å². The Balaban J connectivity index is 1.90. The molecule has 0 aromatic carbocycles. The molecule has 0 bridgehead atoms. The lowest BCUT2D eigenvalue weighted by atomic mass is 10.2. The minimum Gasteiger partial charge on any atom is -0.374 e. The number of aromatic nitrogens is 3. The fourth-order valence-corrected chi connectivity index (χ4v) is 3.09. The van der Waals surface area contributed by atoms with Gasteiger partial charge in [-0.25, -0.2) is 0 Å². The molecule has 1 aromatic heterocycles. The average molecular weight is 256 g/mol. The fourth-order valence-electron chi connectivity index (χ4n) is 2.03. The molecule has 2 N–H and O–H groups in total. The van der Waals surface area contributed by atoms with Crippen molar-refractivity contribution in [3.63, 3.8) is 0 Å². The molecule has 0 saturated carbocycles. The Bertz CT molecular complexity index is 368. The average Bonchev–Trinajstić information content (AvgIpc) is 2.86. The number of nitrogens with two attached hydrogens (primary N) is 1. The van der Waals surface area contributed by atoms with Gasteiger partial charge in [-0.05, 0) is 26.7 Å². The van der Waals surface area contributed by atoms with Gasteiger partial charge in [-0.15, -0.1) is 10.2 Å². The number of nitrogens with zero attached hydrogens (tertiary/aromatic N) is 3. The quantitative estimate of drug-likeness (QED) is 0.802. The third-order valence-electron chi connectivity index (χ3n) is 2.97. The predicted molar refractivity (Wildman–Crippen MR) is 68.1 cm³/mol. The maximum atomic E-state index is 5.79. The van der Waals surface area contributed by atoms with Crippen LogP contribution in [0.3, 0.4) is 0 Å². The minimum absolute atomic E-state index is 0.360.